The van der Waals surface area contributed by atoms with Gasteiger partial charge >= 0.3 is 0 Å². The summed E-state index contributed by atoms with van der Waals surface area (Å²) < 4.78 is 17.7. The van der Waals surface area contributed by atoms with Gasteiger partial charge in [-0.15, -0.1) is 22.7 Å². The van der Waals surface area contributed by atoms with Crippen molar-refractivity contribution in [3.8, 4) is 44.5 Å². The molecule has 0 saturated heterocycles. The molecule has 0 aliphatic heterocycles. The second kappa shape index (κ2) is 15.2. The van der Waals surface area contributed by atoms with E-state index in [0.717, 1.165) is 95.8 Å². The number of para-hydroxylation sites is 4. The molecule has 1 aliphatic rings. The third-order valence-electron chi connectivity index (χ3n) is 13.5. The molecule has 4 heterocycles. The summed E-state index contributed by atoms with van der Waals surface area (Å²) in [6, 6.07) is 68.1. The largest absolute Gasteiger partial charge is 0.455 e. The van der Waals surface area contributed by atoms with E-state index in [1.165, 1.54) is 57.1 Å². The fourth-order valence-electron chi connectivity index (χ4n) is 10.6. The van der Waals surface area contributed by atoms with Crippen LogP contribution in [0, 0.1) is 0 Å². The minimum Gasteiger partial charge on any atom is -0.455 e. The minimum atomic E-state index is 0.348. The van der Waals surface area contributed by atoms with Crippen LogP contribution in [-0.4, -0.2) is 0 Å². The molecular formula is C60H38NO2PS2. The summed E-state index contributed by atoms with van der Waals surface area (Å²) in [6.45, 7) is 0. The molecule has 1 aliphatic carbocycles. The number of rotatable bonds is 7. The van der Waals surface area contributed by atoms with Crippen LogP contribution in [0.3, 0.4) is 0 Å². The number of hydrogen-bond donors (Lipinski definition) is 1. The van der Waals surface area contributed by atoms with Crippen LogP contribution in [0.1, 0.15) is 16.9 Å². The number of anilines is 1. The Morgan fingerprint density at radius 3 is 1.59 bits per heavy atom. The van der Waals surface area contributed by atoms with E-state index in [2.05, 4.69) is 199 Å². The zero-order valence-corrected chi connectivity index (χ0v) is 38.2. The average molecular weight is 900 g/mol. The molecule has 13 aromatic rings. The molecule has 0 bridgehead atoms. The van der Waals surface area contributed by atoms with Crippen LogP contribution >= 0.6 is 31.4 Å². The first kappa shape index (κ1) is 38.0. The normalized spacial score (nSPS) is 13.1. The van der Waals surface area contributed by atoms with Crippen molar-refractivity contribution in [1.29, 1.82) is 0 Å². The van der Waals surface area contributed by atoms with Gasteiger partial charge in [-0.05, 0) is 70.8 Å². The fourth-order valence-corrected chi connectivity index (χ4v) is 14.3. The molecule has 0 amide bonds. The quantitative estimate of drug-likeness (QED) is 0.162. The zero-order chi connectivity index (χ0) is 43.3. The predicted octanol–water partition coefficient (Wildman–Crippen LogP) is 18.7. The van der Waals surface area contributed by atoms with Gasteiger partial charge in [0.1, 0.15) is 22.3 Å². The highest BCUT2D eigenvalue weighted by atomic mass is 32.1. The molecule has 6 heteroatoms. The number of furan rings is 2. The first-order valence-electron chi connectivity index (χ1n) is 22.5. The van der Waals surface area contributed by atoms with E-state index in [-0.39, 0.29) is 0 Å². The Labute approximate surface area is 390 Å². The molecule has 3 nitrogen and oxygen atoms in total. The summed E-state index contributed by atoms with van der Waals surface area (Å²) in [6.07, 6.45) is 4.58. The molecule has 14 rings (SSSR count). The van der Waals surface area contributed by atoms with Crippen LogP contribution in [0.2, 0.25) is 0 Å². The van der Waals surface area contributed by atoms with Crippen LogP contribution in [0.25, 0.3) is 124 Å². The standard InChI is InChI=1S/C60H38NO2PS2/c1-5-30-50-35(15-1)42-22-10-24-44(57(42)62-50)39-19-9-20-40(45-25-11-23-43-36-16-2-6-31-51(36)63-58(43)45)55(39)56-41(48-27-12-26-46-37-17-3-7-33-53(37)65-59(46)48)21-13-29-49(56)61-64-52-32-14-28-47-38-18-4-8-34-54(38)66-60(47)52/h1-13,15-27,29-34,61,64H,14,28H2. The van der Waals surface area contributed by atoms with Crippen molar-refractivity contribution in [1.82, 2.24) is 0 Å². The Bertz CT molecular complexity index is 4010. The van der Waals surface area contributed by atoms with Crippen LogP contribution in [0.4, 0.5) is 5.69 Å². The highest BCUT2D eigenvalue weighted by molar-refractivity contribution is 7.53. The van der Waals surface area contributed by atoms with Gasteiger partial charge in [-0.3, -0.25) is 0 Å². The van der Waals surface area contributed by atoms with Gasteiger partial charge in [0.25, 0.3) is 0 Å². The van der Waals surface area contributed by atoms with E-state index in [9.17, 15) is 0 Å². The fraction of sp³-hybridized carbons (Fsp3) is 0.0333. The maximum atomic E-state index is 6.87. The average Bonchev–Trinajstić information content (AvgIpc) is 4.16. The van der Waals surface area contributed by atoms with Crippen molar-refractivity contribution < 1.29 is 8.83 Å². The number of fused-ring (bicyclic) bond motifs is 12. The molecule has 66 heavy (non-hydrogen) atoms. The topological polar surface area (TPSA) is 38.3 Å². The number of aryl methyl sites for hydroxylation is 1. The van der Waals surface area contributed by atoms with E-state index in [1.54, 1.807) is 0 Å². The molecule has 1 unspecified atom stereocenters. The van der Waals surface area contributed by atoms with Gasteiger partial charge in [-0.25, -0.2) is 0 Å². The second-order valence-corrected chi connectivity index (χ2v) is 20.3. The predicted molar refractivity (Wildman–Crippen MR) is 286 cm³/mol. The highest BCUT2D eigenvalue weighted by Crippen LogP contribution is 2.54. The van der Waals surface area contributed by atoms with Crippen LogP contribution < -0.4 is 5.09 Å². The molecule has 0 saturated carbocycles. The van der Waals surface area contributed by atoms with E-state index in [4.69, 9.17) is 8.83 Å². The molecule has 0 fully saturated rings. The Balaban J connectivity index is 1.08. The molecule has 9 aromatic carbocycles. The monoisotopic (exact) mass is 899 g/mol. The number of hydrogen-bond acceptors (Lipinski definition) is 5. The van der Waals surface area contributed by atoms with Crippen molar-refractivity contribution in [2.75, 3.05) is 5.09 Å². The molecular weight excluding hydrogens is 862 g/mol. The van der Waals surface area contributed by atoms with Crippen molar-refractivity contribution in [2.45, 2.75) is 12.8 Å². The first-order valence-corrected chi connectivity index (χ1v) is 25.1. The van der Waals surface area contributed by atoms with Gasteiger partial charge in [0.2, 0.25) is 0 Å². The third-order valence-corrected chi connectivity index (χ3v) is 17.2. The Morgan fingerprint density at radius 1 is 0.409 bits per heavy atom. The van der Waals surface area contributed by atoms with Gasteiger partial charge in [0.05, 0.1) is 0 Å². The molecule has 4 aromatic heterocycles. The maximum Gasteiger partial charge on any atom is 0.143 e. The van der Waals surface area contributed by atoms with Crippen molar-refractivity contribution >= 4 is 117 Å². The van der Waals surface area contributed by atoms with E-state index >= 15 is 0 Å². The molecule has 1 atom stereocenters. The molecule has 312 valence electrons. The number of benzene rings is 9. The summed E-state index contributed by atoms with van der Waals surface area (Å²) in [5, 5.41) is 13.9. The Kier molecular flexibility index (Phi) is 8.73. The van der Waals surface area contributed by atoms with Crippen LogP contribution in [0.15, 0.2) is 203 Å². The molecule has 0 radical (unpaired) electrons. The van der Waals surface area contributed by atoms with Crippen LogP contribution in [-0.2, 0) is 6.42 Å². The van der Waals surface area contributed by atoms with Crippen LogP contribution in [0.5, 0.6) is 0 Å². The summed E-state index contributed by atoms with van der Waals surface area (Å²) in [7, 11) is 0.348. The highest BCUT2D eigenvalue weighted by Gasteiger charge is 2.27. The number of thiophene rings is 2. The summed E-state index contributed by atoms with van der Waals surface area (Å²) in [5.41, 5.74) is 15.0. The van der Waals surface area contributed by atoms with Gasteiger partial charge in [-0.1, -0.05) is 164 Å². The lowest BCUT2D eigenvalue weighted by Crippen LogP contribution is -1.99. The van der Waals surface area contributed by atoms with Gasteiger partial charge in [0.15, 0.2) is 0 Å². The Morgan fingerprint density at radius 2 is 0.909 bits per heavy atom. The first-order chi connectivity index (χ1) is 32.7. The van der Waals surface area contributed by atoms with Gasteiger partial charge < -0.3 is 13.9 Å². The lowest BCUT2D eigenvalue weighted by atomic mass is 9.83. The van der Waals surface area contributed by atoms with Crippen molar-refractivity contribution in [2.24, 2.45) is 0 Å². The van der Waals surface area contributed by atoms with Crippen molar-refractivity contribution in [3.63, 3.8) is 0 Å². The lowest BCUT2D eigenvalue weighted by Gasteiger charge is -2.24. The smallest absolute Gasteiger partial charge is 0.143 e. The Hall–Kier alpha value is -7.27. The SMILES string of the molecule is C1=C(PNc2cccc(-c3cccc4c3sc3ccccc34)c2-c2c(-c3cccc4c3oc3ccccc34)cccc2-c2cccc3c2oc2ccccc23)c2sc3ccccc3c2CC1. The molecule has 0 spiro atoms. The van der Waals surface area contributed by atoms with Gasteiger partial charge in [0, 0.05) is 98.8 Å². The lowest BCUT2D eigenvalue weighted by molar-refractivity contribution is 0.670. The third kappa shape index (κ3) is 5.84. The number of allylic oxidation sites excluding steroid dienone is 1. The zero-order valence-electron chi connectivity index (χ0n) is 35.5. The second-order valence-electron chi connectivity index (χ2n) is 17.1. The van der Waals surface area contributed by atoms with E-state index < -0.39 is 0 Å². The van der Waals surface area contributed by atoms with Crippen molar-refractivity contribution in [3.05, 3.63) is 205 Å². The molecule has 1 N–H and O–H groups in total. The summed E-state index contributed by atoms with van der Waals surface area (Å²) >= 11 is 3.81. The maximum absolute atomic E-state index is 6.87. The number of nitrogens with one attached hydrogen (secondary N) is 1. The summed E-state index contributed by atoms with van der Waals surface area (Å²) in [4.78, 5) is 1.41. The summed E-state index contributed by atoms with van der Waals surface area (Å²) in [5.74, 6) is 0. The van der Waals surface area contributed by atoms with E-state index in [0.29, 0.717) is 8.73 Å². The minimum absolute atomic E-state index is 0.348. The van der Waals surface area contributed by atoms with Gasteiger partial charge in [-0.2, -0.15) is 0 Å². The van der Waals surface area contributed by atoms with E-state index in [1.807, 2.05) is 22.7 Å².